The van der Waals surface area contributed by atoms with Crippen molar-refractivity contribution in [3.63, 3.8) is 0 Å². The van der Waals surface area contributed by atoms with Crippen molar-refractivity contribution >= 4 is 29.0 Å². The highest BCUT2D eigenvalue weighted by Crippen LogP contribution is 2.27. The second-order valence-electron chi connectivity index (χ2n) is 4.62. The second-order valence-corrected chi connectivity index (χ2v) is 5.43. The predicted octanol–water partition coefficient (Wildman–Crippen LogP) is 5.32. The third-order valence-corrected chi connectivity index (χ3v) is 3.85. The standard InChI is InChI=1S/C15H20Cl2O/c1-3-6-11(7-4-2)15(18)10-12-13(16)8-5-9-14(12)17/h5,8-9,11H,3-4,6-7,10H2,1-2H3. The van der Waals surface area contributed by atoms with Crippen molar-refractivity contribution in [3.05, 3.63) is 33.8 Å². The smallest absolute Gasteiger partial charge is 0.140 e. The SMILES string of the molecule is CCCC(CCC)C(=O)Cc1c(Cl)cccc1Cl. The molecule has 3 heteroatoms. The molecular formula is C15H20Cl2O. The fourth-order valence-electron chi connectivity index (χ4n) is 2.18. The number of Topliss-reactive ketones (excluding diaryl/α,β-unsaturated/α-hetero) is 1. The van der Waals surface area contributed by atoms with Gasteiger partial charge in [-0.3, -0.25) is 4.79 Å². The predicted molar refractivity (Wildman–Crippen MR) is 78.5 cm³/mol. The Morgan fingerprint density at radius 1 is 1.11 bits per heavy atom. The molecule has 0 radical (unpaired) electrons. The molecule has 1 nitrogen and oxygen atoms in total. The average molecular weight is 287 g/mol. The van der Waals surface area contributed by atoms with E-state index in [-0.39, 0.29) is 11.7 Å². The van der Waals surface area contributed by atoms with Crippen LogP contribution in [0, 0.1) is 5.92 Å². The average Bonchev–Trinajstić information content (AvgIpc) is 2.33. The minimum atomic E-state index is 0.146. The zero-order chi connectivity index (χ0) is 13.5. The molecule has 1 aromatic carbocycles. The molecule has 0 N–H and O–H groups in total. The van der Waals surface area contributed by atoms with Crippen molar-refractivity contribution in [2.24, 2.45) is 5.92 Å². The second kappa shape index (κ2) is 7.81. The lowest BCUT2D eigenvalue weighted by atomic mass is 9.90. The van der Waals surface area contributed by atoms with Gasteiger partial charge in [0.05, 0.1) is 0 Å². The van der Waals surface area contributed by atoms with E-state index < -0.39 is 0 Å². The van der Waals surface area contributed by atoms with E-state index >= 15 is 0 Å². The summed E-state index contributed by atoms with van der Waals surface area (Å²) in [5, 5.41) is 1.17. The normalized spacial score (nSPS) is 10.9. The van der Waals surface area contributed by atoms with Crippen LogP contribution in [0.2, 0.25) is 10.0 Å². The molecule has 0 bridgehead atoms. The van der Waals surface area contributed by atoms with Crippen LogP contribution >= 0.6 is 23.2 Å². The maximum atomic E-state index is 12.3. The van der Waals surface area contributed by atoms with E-state index in [0.717, 1.165) is 31.2 Å². The van der Waals surface area contributed by atoms with Gasteiger partial charge in [0.15, 0.2) is 0 Å². The highest BCUT2D eigenvalue weighted by molar-refractivity contribution is 6.36. The molecule has 1 aromatic rings. The Morgan fingerprint density at radius 2 is 1.61 bits per heavy atom. The summed E-state index contributed by atoms with van der Waals surface area (Å²) in [6.45, 7) is 4.22. The maximum absolute atomic E-state index is 12.3. The first kappa shape index (κ1) is 15.5. The van der Waals surface area contributed by atoms with Crippen LogP contribution in [0.25, 0.3) is 0 Å². The summed E-state index contributed by atoms with van der Waals surface area (Å²) in [7, 11) is 0. The topological polar surface area (TPSA) is 17.1 Å². The summed E-state index contributed by atoms with van der Waals surface area (Å²) in [5.74, 6) is 0.404. The van der Waals surface area contributed by atoms with Crippen LogP contribution in [-0.2, 0) is 11.2 Å². The number of ketones is 1. The van der Waals surface area contributed by atoms with Crippen molar-refractivity contribution in [1.29, 1.82) is 0 Å². The van der Waals surface area contributed by atoms with Gasteiger partial charge in [-0.05, 0) is 30.5 Å². The van der Waals surface area contributed by atoms with E-state index in [1.807, 2.05) is 0 Å². The van der Waals surface area contributed by atoms with Gasteiger partial charge in [0.1, 0.15) is 5.78 Å². The van der Waals surface area contributed by atoms with Gasteiger partial charge >= 0.3 is 0 Å². The summed E-state index contributed by atoms with van der Waals surface area (Å²) in [6, 6.07) is 5.36. The molecule has 0 saturated heterocycles. The van der Waals surface area contributed by atoms with Gasteiger partial charge in [0.2, 0.25) is 0 Å². The van der Waals surface area contributed by atoms with Crippen molar-refractivity contribution in [3.8, 4) is 0 Å². The molecule has 0 aliphatic carbocycles. The minimum Gasteiger partial charge on any atom is -0.299 e. The fraction of sp³-hybridized carbons (Fsp3) is 0.533. The van der Waals surface area contributed by atoms with Gasteiger partial charge in [-0.1, -0.05) is 56.0 Å². The summed E-state index contributed by atoms with van der Waals surface area (Å²) in [6.07, 6.45) is 4.33. The van der Waals surface area contributed by atoms with Crippen LogP contribution in [-0.4, -0.2) is 5.78 Å². The van der Waals surface area contributed by atoms with Gasteiger partial charge in [-0.2, -0.15) is 0 Å². The summed E-state index contributed by atoms with van der Waals surface area (Å²) in [5.41, 5.74) is 0.767. The minimum absolute atomic E-state index is 0.146. The molecule has 100 valence electrons. The maximum Gasteiger partial charge on any atom is 0.140 e. The van der Waals surface area contributed by atoms with E-state index in [9.17, 15) is 4.79 Å². The number of halogens is 2. The molecule has 0 unspecified atom stereocenters. The highest BCUT2D eigenvalue weighted by Gasteiger charge is 2.19. The Morgan fingerprint density at radius 3 is 2.06 bits per heavy atom. The van der Waals surface area contributed by atoms with Gasteiger partial charge in [0, 0.05) is 22.4 Å². The molecule has 0 aliphatic rings. The van der Waals surface area contributed by atoms with Gasteiger partial charge in [-0.25, -0.2) is 0 Å². The van der Waals surface area contributed by atoms with Crippen molar-refractivity contribution < 1.29 is 4.79 Å². The van der Waals surface area contributed by atoms with E-state index in [1.54, 1.807) is 18.2 Å². The number of carbonyl (C=O) groups excluding carboxylic acids is 1. The van der Waals surface area contributed by atoms with Crippen molar-refractivity contribution in [2.75, 3.05) is 0 Å². The molecule has 0 aromatic heterocycles. The molecule has 0 heterocycles. The van der Waals surface area contributed by atoms with Crippen LogP contribution in [0.1, 0.15) is 45.1 Å². The van der Waals surface area contributed by atoms with Gasteiger partial charge in [0.25, 0.3) is 0 Å². The zero-order valence-electron chi connectivity index (χ0n) is 11.0. The number of benzene rings is 1. The summed E-state index contributed by atoms with van der Waals surface area (Å²) in [4.78, 5) is 12.3. The van der Waals surface area contributed by atoms with E-state index in [1.165, 1.54) is 0 Å². The Labute approximate surface area is 119 Å². The zero-order valence-corrected chi connectivity index (χ0v) is 12.5. The Kier molecular flexibility index (Phi) is 6.73. The van der Waals surface area contributed by atoms with Crippen LogP contribution in [0.4, 0.5) is 0 Å². The van der Waals surface area contributed by atoms with Crippen molar-refractivity contribution in [1.82, 2.24) is 0 Å². The quantitative estimate of drug-likeness (QED) is 0.663. The molecule has 0 spiro atoms. The van der Waals surface area contributed by atoms with E-state index in [0.29, 0.717) is 16.5 Å². The van der Waals surface area contributed by atoms with E-state index in [2.05, 4.69) is 13.8 Å². The molecule has 0 amide bonds. The van der Waals surface area contributed by atoms with Crippen LogP contribution in [0.15, 0.2) is 18.2 Å². The largest absolute Gasteiger partial charge is 0.299 e. The Bertz CT molecular complexity index is 375. The fourth-order valence-corrected chi connectivity index (χ4v) is 2.71. The van der Waals surface area contributed by atoms with Crippen LogP contribution < -0.4 is 0 Å². The molecule has 1 rings (SSSR count). The van der Waals surface area contributed by atoms with Crippen LogP contribution in [0.5, 0.6) is 0 Å². The molecule has 0 fully saturated rings. The lowest BCUT2D eigenvalue weighted by Gasteiger charge is -2.15. The monoisotopic (exact) mass is 286 g/mol. The molecule has 18 heavy (non-hydrogen) atoms. The summed E-state index contributed by atoms with van der Waals surface area (Å²) < 4.78 is 0. The Hall–Kier alpha value is -0.530. The van der Waals surface area contributed by atoms with E-state index in [4.69, 9.17) is 23.2 Å². The van der Waals surface area contributed by atoms with Gasteiger partial charge in [-0.15, -0.1) is 0 Å². The summed E-state index contributed by atoms with van der Waals surface area (Å²) >= 11 is 12.2. The third kappa shape index (κ3) is 4.29. The number of hydrogen-bond acceptors (Lipinski definition) is 1. The van der Waals surface area contributed by atoms with Crippen molar-refractivity contribution in [2.45, 2.75) is 46.0 Å². The number of rotatable bonds is 7. The van der Waals surface area contributed by atoms with Gasteiger partial charge < -0.3 is 0 Å². The molecule has 0 saturated carbocycles. The molecule has 0 aliphatic heterocycles. The lowest BCUT2D eigenvalue weighted by Crippen LogP contribution is -2.17. The highest BCUT2D eigenvalue weighted by atomic mass is 35.5. The first-order valence-electron chi connectivity index (χ1n) is 6.55. The number of carbonyl (C=O) groups is 1. The first-order valence-corrected chi connectivity index (χ1v) is 7.31. The number of hydrogen-bond donors (Lipinski definition) is 0. The van der Waals surface area contributed by atoms with Crippen LogP contribution in [0.3, 0.4) is 0 Å². The Balaban J connectivity index is 2.79. The first-order chi connectivity index (χ1) is 8.60. The lowest BCUT2D eigenvalue weighted by molar-refractivity contribution is -0.122. The molecular weight excluding hydrogens is 267 g/mol. The molecule has 0 atom stereocenters. The third-order valence-electron chi connectivity index (χ3n) is 3.14.